The molecular weight excluding hydrogens is 462 g/mol. The van der Waals surface area contributed by atoms with Crippen LogP contribution in [-0.4, -0.2) is 62.3 Å². The minimum atomic E-state index is -4.01. The number of nitro benzene ring substituents is 1. The summed E-state index contributed by atoms with van der Waals surface area (Å²) in [4.78, 5) is 25.2. The zero-order valence-corrected chi connectivity index (χ0v) is 20.5. The summed E-state index contributed by atoms with van der Waals surface area (Å²) in [7, 11) is -0.893. The summed E-state index contributed by atoms with van der Waals surface area (Å²) < 4.78 is 38.3. The predicted octanol–water partition coefficient (Wildman–Crippen LogP) is 3.16. The lowest BCUT2D eigenvalue weighted by molar-refractivity contribution is -0.384. The molecule has 184 valence electrons. The van der Waals surface area contributed by atoms with Gasteiger partial charge in [-0.05, 0) is 55.2 Å². The highest BCUT2D eigenvalue weighted by Crippen LogP contribution is 2.38. The Morgan fingerprint density at radius 2 is 1.79 bits per heavy atom. The highest BCUT2D eigenvalue weighted by Gasteiger charge is 2.33. The fraction of sp³-hybridized carbons (Fsp3) is 0.435. The van der Waals surface area contributed by atoms with E-state index in [1.165, 1.54) is 12.1 Å². The minimum Gasteiger partial charge on any atom is -0.493 e. The second-order valence-corrected chi connectivity index (χ2v) is 9.95. The lowest BCUT2D eigenvalue weighted by atomic mass is 9.92. The van der Waals surface area contributed by atoms with Crippen LogP contribution >= 0.6 is 0 Å². The van der Waals surface area contributed by atoms with Crippen LogP contribution in [0.2, 0.25) is 0 Å². The molecule has 2 aromatic carbocycles. The molecule has 0 aromatic heterocycles. The van der Waals surface area contributed by atoms with Crippen LogP contribution in [0.5, 0.6) is 11.5 Å². The van der Waals surface area contributed by atoms with Crippen molar-refractivity contribution < 1.29 is 27.6 Å². The second-order valence-electron chi connectivity index (χ2n) is 8.01. The summed E-state index contributed by atoms with van der Waals surface area (Å²) in [5.74, 6) is 0.874. The number of nitrogens with zero attached hydrogens (tertiary/aromatic N) is 3. The molecule has 0 fully saturated rings. The van der Waals surface area contributed by atoms with E-state index in [2.05, 4.69) is 0 Å². The highest BCUT2D eigenvalue weighted by molar-refractivity contribution is 7.89. The van der Waals surface area contributed by atoms with Crippen molar-refractivity contribution in [3.8, 4) is 11.5 Å². The molecule has 0 spiro atoms. The normalized spacial score (nSPS) is 15.7. The first-order valence-corrected chi connectivity index (χ1v) is 12.4. The number of benzene rings is 2. The Morgan fingerprint density at radius 1 is 1.18 bits per heavy atom. The number of ether oxygens (including phenoxy) is 2. The topological polar surface area (TPSA) is 119 Å². The second kappa shape index (κ2) is 10.4. The summed E-state index contributed by atoms with van der Waals surface area (Å²) in [6.45, 7) is 3.99. The first kappa shape index (κ1) is 25.4. The molecule has 0 saturated carbocycles. The van der Waals surface area contributed by atoms with Gasteiger partial charge < -0.3 is 14.4 Å². The average molecular weight is 492 g/mol. The van der Waals surface area contributed by atoms with Gasteiger partial charge in [0.25, 0.3) is 5.69 Å². The molecule has 0 aliphatic carbocycles. The summed E-state index contributed by atoms with van der Waals surface area (Å²) in [5.41, 5.74) is 1.78. The number of hydrogen-bond donors (Lipinski definition) is 0. The molecule has 1 amide bonds. The van der Waals surface area contributed by atoms with Crippen LogP contribution in [0.4, 0.5) is 5.69 Å². The molecule has 10 nitrogen and oxygen atoms in total. The number of methoxy groups -OCH3 is 2. The van der Waals surface area contributed by atoms with Crippen LogP contribution in [0.3, 0.4) is 0 Å². The van der Waals surface area contributed by atoms with Crippen LogP contribution in [0.15, 0.2) is 41.3 Å². The quantitative estimate of drug-likeness (QED) is 0.390. The molecule has 1 aliphatic heterocycles. The minimum absolute atomic E-state index is 0.0896. The number of sulfonamides is 1. The van der Waals surface area contributed by atoms with Gasteiger partial charge in [-0.3, -0.25) is 14.9 Å². The Hall–Kier alpha value is -3.18. The molecule has 2 aromatic rings. The maximum Gasteiger partial charge on any atom is 0.269 e. The van der Waals surface area contributed by atoms with Gasteiger partial charge in [-0.2, -0.15) is 4.31 Å². The van der Waals surface area contributed by atoms with Gasteiger partial charge in [0, 0.05) is 25.2 Å². The fourth-order valence-corrected chi connectivity index (χ4v) is 5.63. The Kier molecular flexibility index (Phi) is 7.78. The standard InChI is InChI=1S/C23H29N3O7S/c1-5-11-24(34(30,31)19-8-6-18(7-9-19)26(28)29)15-23(27)25-12-10-17-13-21(32-3)22(33-4)14-20(17)16(25)2/h6-9,13-14,16H,5,10-12,15H2,1-4H3. The maximum absolute atomic E-state index is 13.3. The van der Waals surface area contributed by atoms with Crippen molar-refractivity contribution in [2.75, 3.05) is 33.9 Å². The van der Waals surface area contributed by atoms with Crippen molar-refractivity contribution in [1.82, 2.24) is 9.21 Å². The monoisotopic (exact) mass is 491 g/mol. The third-order valence-corrected chi connectivity index (χ3v) is 7.83. The number of carbonyl (C=O) groups excluding carboxylic acids is 1. The van der Waals surface area contributed by atoms with Crippen molar-refractivity contribution >= 4 is 21.6 Å². The van der Waals surface area contributed by atoms with Crippen LogP contribution in [0.1, 0.15) is 37.4 Å². The van der Waals surface area contributed by atoms with Gasteiger partial charge in [-0.1, -0.05) is 6.92 Å². The first-order chi connectivity index (χ1) is 16.1. The Balaban J connectivity index is 1.84. The van der Waals surface area contributed by atoms with Gasteiger partial charge in [-0.25, -0.2) is 8.42 Å². The Bertz CT molecular complexity index is 1170. The van der Waals surface area contributed by atoms with E-state index in [9.17, 15) is 23.3 Å². The van der Waals surface area contributed by atoms with E-state index >= 15 is 0 Å². The lowest BCUT2D eigenvalue weighted by Crippen LogP contribution is -2.46. The largest absolute Gasteiger partial charge is 0.493 e. The number of amides is 1. The van der Waals surface area contributed by atoms with Crippen molar-refractivity contribution in [1.29, 1.82) is 0 Å². The third-order valence-electron chi connectivity index (χ3n) is 5.98. The molecule has 1 aliphatic rings. The zero-order valence-electron chi connectivity index (χ0n) is 19.7. The summed E-state index contributed by atoms with van der Waals surface area (Å²) in [6, 6.07) is 8.17. The smallest absolute Gasteiger partial charge is 0.269 e. The van der Waals surface area contributed by atoms with E-state index in [1.807, 2.05) is 26.0 Å². The number of fused-ring (bicyclic) bond motifs is 1. The van der Waals surface area contributed by atoms with Crippen molar-refractivity contribution in [2.45, 2.75) is 37.6 Å². The van der Waals surface area contributed by atoms with Crippen molar-refractivity contribution in [3.63, 3.8) is 0 Å². The molecular formula is C23H29N3O7S. The summed E-state index contributed by atoms with van der Waals surface area (Å²) in [5, 5.41) is 10.9. The average Bonchev–Trinajstić information content (AvgIpc) is 2.83. The SMILES string of the molecule is CCCN(CC(=O)N1CCc2cc(OC)c(OC)cc2C1C)S(=O)(=O)c1ccc([N+](=O)[O-])cc1. The van der Waals surface area contributed by atoms with Gasteiger partial charge in [0.1, 0.15) is 0 Å². The molecule has 0 bridgehead atoms. The summed E-state index contributed by atoms with van der Waals surface area (Å²) >= 11 is 0. The third kappa shape index (κ3) is 5.00. The van der Waals surface area contributed by atoms with Crippen LogP contribution in [0.25, 0.3) is 0 Å². The molecule has 34 heavy (non-hydrogen) atoms. The fourth-order valence-electron chi connectivity index (χ4n) is 4.15. The lowest BCUT2D eigenvalue weighted by Gasteiger charge is -2.37. The highest BCUT2D eigenvalue weighted by atomic mass is 32.2. The van der Waals surface area contributed by atoms with Crippen LogP contribution < -0.4 is 9.47 Å². The Morgan fingerprint density at radius 3 is 2.35 bits per heavy atom. The first-order valence-electron chi connectivity index (χ1n) is 10.9. The van der Waals surface area contributed by atoms with E-state index in [1.54, 1.807) is 19.1 Å². The number of non-ortho nitro benzene ring substituents is 1. The van der Waals surface area contributed by atoms with E-state index in [-0.39, 0.29) is 35.6 Å². The number of nitro groups is 1. The van der Waals surface area contributed by atoms with Gasteiger partial charge >= 0.3 is 0 Å². The van der Waals surface area contributed by atoms with Crippen LogP contribution in [-0.2, 0) is 21.2 Å². The van der Waals surface area contributed by atoms with Gasteiger partial charge in [0.05, 0.1) is 36.6 Å². The molecule has 1 unspecified atom stereocenters. The Labute approximate surface area is 199 Å². The van der Waals surface area contributed by atoms with E-state index in [4.69, 9.17) is 9.47 Å². The van der Waals surface area contributed by atoms with Gasteiger partial charge in [-0.15, -0.1) is 0 Å². The number of hydrogen-bond acceptors (Lipinski definition) is 7. The molecule has 1 heterocycles. The van der Waals surface area contributed by atoms with Gasteiger partial charge in [0.15, 0.2) is 11.5 Å². The molecule has 11 heteroatoms. The molecule has 0 radical (unpaired) electrons. The van der Waals surface area contributed by atoms with E-state index in [0.29, 0.717) is 30.9 Å². The predicted molar refractivity (Wildman–Crippen MR) is 126 cm³/mol. The van der Waals surface area contributed by atoms with Crippen LogP contribution in [0, 0.1) is 10.1 Å². The van der Waals surface area contributed by atoms with E-state index in [0.717, 1.165) is 27.6 Å². The molecule has 1 atom stereocenters. The zero-order chi connectivity index (χ0) is 25.0. The van der Waals surface area contributed by atoms with E-state index < -0.39 is 14.9 Å². The van der Waals surface area contributed by atoms with Crippen molar-refractivity contribution in [2.24, 2.45) is 0 Å². The molecule has 0 saturated heterocycles. The number of rotatable bonds is 9. The van der Waals surface area contributed by atoms with Crippen molar-refractivity contribution in [3.05, 3.63) is 57.6 Å². The summed E-state index contributed by atoms with van der Waals surface area (Å²) in [6.07, 6.45) is 1.11. The maximum atomic E-state index is 13.3. The molecule has 0 N–H and O–H groups in total. The molecule has 3 rings (SSSR count). The van der Waals surface area contributed by atoms with Gasteiger partial charge in [0.2, 0.25) is 15.9 Å². The number of carbonyl (C=O) groups is 1.